The highest BCUT2D eigenvalue weighted by atomic mass is 32.1. The first-order valence-electron chi connectivity index (χ1n) is 8.49. The summed E-state index contributed by atoms with van der Waals surface area (Å²) in [5.41, 5.74) is 1.93. The lowest BCUT2D eigenvalue weighted by atomic mass is 10.3. The van der Waals surface area contributed by atoms with Gasteiger partial charge in [-0.1, -0.05) is 12.1 Å². The molecule has 0 spiro atoms. The number of rotatable bonds is 5. The molecule has 3 aromatic rings. The van der Waals surface area contributed by atoms with Crippen molar-refractivity contribution in [3.63, 3.8) is 0 Å². The highest BCUT2D eigenvalue weighted by Gasteiger charge is 2.13. The first kappa shape index (κ1) is 16.4. The molecule has 4 rings (SSSR count). The lowest BCUT2D eigenvalue weighted by Gasteiger charge is -2.31. The summed E-state index contributed by atoms with van der Waals surface area (Å²) in [7, 11) is 2.16. The SMILES string of the molecule is CN1CCN(CCOc2ncc(-c3nc4ccccc4s3)cn2)CC1. The largest absolute Gasteiger partial charge is 0.462 e. The number of likely N-dealkylation sites (N-methyl/N-ethyl adjacent to an activating group) is 1. The minimum Gasteiger partial charge on any atom is -0.462 e. The Morgan fingerprint density at radius 3 is 2.60 bits per heavy atom. The van der Waals surface area contributed by atoms with E-state index in [0.717, 1.165) is 48.8 Å². The summed E-state index contributed by atoms with van der Waals surface area (Å²) < 4.78 is 6.86. The molecule has 0 amide bonds. The third-order valence-electron chi connectivity index (χ3n) is 4.40. The molecule has 0 saturated carbocycles. The molecule has 0 atom stereocenters. The van der Waals surface area contributed by atoms with E-state index in [4.69, 9.17) is 4.74 Å². The first-order valence-corrected chi connectivity index (χ1v) is 9.31. The summed E-state index contributed by atoms with van der Waals surface area (Å²) in [6.07, 6.45) is 3.58. The molecule has 130 valence electrons. The van der Waals surface area contributed by atoms with E-state index in [-0.39, 0.29) is 0 Å². The van der Waals surface area contributed by atoms with E-state index >= 15 is 0 Å². The van der Waals surface area contributed by atoms with Crippen molar-refractivity contribution in [1.29, 1.82) is 0 Å². The average molecular weight is 355 g/mol. The van der Waals surface area contributed by atoms with Gasteiger partial charge in [0, 0.05) is 50.7 Å². The van der Waals surface area contributed by atoms with Crippen LogP contribution in [0.25, 0.3) is 20.8 Å². The van der Waals surface area contributed by atoms with Gasteiger partial charge in [-0.05, 0) is 19.2 Å². The second-order valence-corrected chi connectivity index (χ2v) is 7.27. The molecule has 0 aliphatic carbocycles. The maximum atomic E-state index is 5.69. The predicted molar refractivity (Wildman–Crippen MR) is 100 cm³/mol. The van der Waals surface area contributed by atoms with Gasteiger partial charge < -0.3 is 9.64 Å². The third kappa shape index (κ3) is 3.95. The van der Waals surface area contributed by atoms with Crippen molar-refractivity contribution in [2.75, 3.05) is 46.4 Å². The van der Waals surface area contributed by atoms with Crippen LogP contribution in [0, 0.1) is 0 Å². The van der Waals surface area contributed by atoms with Gasteiger partial charge in [-0.15, -0.1) is 11.3 Å². The zero-order valence-corrected chi connectivity index (χ0v) is 15.1. The normalized spacial score (nSPS) is 16.4. The van der Waals surface area contributed by atoms with E-state index in [9.17, 15) is 0 Å². The number of nitrogens with zero attached hydrogens (tertiary/aromatic N) is 5. The molecule has 25 heavy (non-hydrogen) atoms. The summed E-state index contributed by atoms with van der Waals surface area (Å²) in [5.74, 6) is 0. The molecular weight excluding hydrogens is 334 g/mol. The number of hydrogen-bond acceptors (Lipinski definition) is 7. The smallest absolute Gasteiger partial charge is 0.316 e. The molecule has 1 aliphatic heterocycles. The van der Waals surface area contributed by atoms with Crippen LogP contribution < -0.4 is 4.74 Å². The van der Waals surface area contributed by atoms with E-state index in [2.05, 4.69) is 37.9 Å². The molecule has 0 radical (unpaired) electrons. The molecule has 0 bridgehead atoms. The highest BCUT2D eigenvalue weighted by molar-refractivity contribution is 7.21. The summed E-state index contributed by atoms with van der Waals surface area (Å²) in [6.45, 7) is 5.95. The fraction of sp³-hybridized carbons (Fsp3) is 0.389. The third-order valence-corrected chi connectivity index (χ3v) is 5.49. The van der Waals surface area contributed by atoms with Crippen molar-refractivity contribution >= 4 is 21.6 Å². The van der Waals surface area contributed by atoms with Gasteiger partial charge in [0.15, 0.2) is 0 Å². The maximum absolute atomic E-state index is 5.69. The topological polar surface area (TPSA) is 54.4 Å². The summed E-state index contributed by atoms with van der Waals surface area (Å²) in [6, 6.07) is 8.55. The van der Waals surface area contributed by atoms with Crippen molar-refractivity contribution in [1.82, 2.24) is 24.8 Å². The summed E-state index contributed by atoms with van der Waals surface area (Å²) in [5, 5.41) is 0.935. The Hall–Kier alpha value is -2.09. The van der Waals surface area contributed by atoms with E-state index in [1.165, 1.54) is 4.70 Å². The molecule has 1 fully saturated rings. The van der Waals surface area contributed by atoms with Gasteiger partial charge in [0.05, 0.1) is 10.2 Å². The predicted octanol–water partition coefficient (Wildman–Crippen LogP) is 2.38. The maximum Gasteiger partial charge on any atom is 0.316 e. The Kier molecular flexibility index (Phi) is 4.87. The fourth-order valence-corrected chi connectivity index (χ4v) is 3.77. The van der Waals surface area contributed by atoms with E-state index in [1.54, 1.807) is 23.7 Å². The van der Waals surface area contributed by atoms with E-state index in [0.29, 0.717) is 12.6 Å². The lowest BCUT2D eigenvalue weighted by molar-refractivity contribution is 0.131. The van der Waals surface area contributed by atoms with Crippen LogP contribution in [-0.2, 0) is 0 Å². The van der Waals surface area contributed by atoms with Crippen molar-refractivity contribution in [3.05, 3.63) is 36.7 Å². The minimum absolute atomic E-state index is 0.430. The average Bonchev–Trinajstić information content (AvgIpc) is 3.08. The van der Waals surface area contributed by atoms with Gasteiger partial charge >= 0.3 is 6.01 Å². The van der Waals surface area contributed by atoms with Crippen LogP contribution in [0.2, 0.25) is 0 Å². The number of hydrogen-bond donors (Lipinski definition) is 0. The Balaban J connectivity index is 1.34. The highest BCUT2D eigenvalue weighted by Crippen LogP contribution is 2.29. The van der Waals surface area contributed by atoms with Crippen molar-refractivity contribution in [2.24, 2.45) is 0 Å². The van der Waals surface area contributed by atoms with Crippen LogP contribution in [0.3, 0.4) is 0 Å². The minimum atomic E-state index is 0.430. The Morgan fingerprint density at radius 1 is 1.08 bits per heavy atom. The van der Waals surface area contributed by atoms with Crippen LogP contribution in [0.1, 0.15) is 0 Å². The standard InChI is InChI=1S/C18H21N5OS/c1-22-6-8-23(9-7-22)10-11-24-18-19-12-14(13-20-18)17-21-15-4-2-3-5-16(15)25-17/h2-5,12-13H,6-11H2,1H3. The quantitative estimate of drug-likeness (QED) is 0.700. The van der Waals surface area contributed by atoms with Crippen LogP contribution in [0.15, 0.2) is 36.7 Å². The van der Waals surface area contributed by atoms with E-state index < -0.39 is 0 Å². The number of thiazole rings is 1. The molecule has 0 N–H and O–H groups in total. The molecule has 2 aromatic heterocycles. The molecule has 1 saturated heterocycles. The van der Waals surface area contributed by atoms with E-state index in [1.807, 2.05) is 18.2 Å². The van der Waals surface area contributed by atoms with Crippen molar-refractivity contribution in [2.45, 2.75) is 0 Å². The van der Waals surface area contributed by atoms with Gasteiger partial charge in [0.2, 0.25) is 0 Å². The van der Waals surface area contributed by atoms with Gasteiger partial charge in [-0.25, -0.2) is 15.0 Å². The number of piperazine rings is 1. The molecule has 1 aliphatic rings. The fourth-order valence-electron chi connectivity index (χ4n) is 2.83. The number of aromatic nitrogens is 3. The molecular formula is C18H21N5OS. The van der Waals surface area contributed by atoms with Crippen LogP contribution in [0.5, 0.6) is 6.01 Å². The van der Waals surface area contributed by atoms with Gasteiger partial charge in [-0.2, -0.15) is 0 Å². The first-order chi connectivity index (χ1) is 12.3. The molecule has 3 heterocycles. The van der Waals surface area contributed by atoms with Gasteiger partial charge in [0.1, 0.15) is 11.6 Å². The second kappa shape index (κ2) is 7.43. The zero-order valence-electron chi connectivity index (χ0n) is 14.3. The Bertz CT molecular complexity index is 794. The summed E-state index contributed by atoms with van der Waals surface area (Å²) in [4.78, 5) is 18.0. The second-order valence-electron chi connectivity index (χ2n) is 6.23. The molecule has 1 aromatic carbocycles. The number of fused-ring (bicyclic) bond motifs is 1. The number of benzene rings is 1. The molecule has 6 nitrogen and oxygen atoms in total. The zero-order chi connectivity index (χ0) is 17.1. The van der Waals surface area contributed by atoms with Crippen molar-refractivity contribution in [3.8, 4) is 16.6 Å². The molecule has 0 unspecified atom stereocenters. The number of ether oxygens (including phenoxy) is 1. The van der Waals surface area contributed by atoms with Crippen LogP contribution in [0.4, 0.5) is 0 Å². The Labute approximate surface area is 151 Å². The lowest BCUT2D eigenvalue weighted by Crippen LogP contribution is -2.45. The Morgan fingerprint density at radius 2 is 1.84 bits per heavy atom. The summed E-state index contributed by atoms with van der Waals surface area (Å²) >= 11 is 1.65. The number of para-hydroxylation sites is 1. The molecule has 7 heteroatoms. The van der Waals surface area contributed by atoms with Crippen LogP contribution in [-0.4, -0.2) is 71.1 Å². The van der Waals surface area contributed by atoms with Crippen molar-refractivity contribution < 1.29 is 4.74 Å². The monoisotopic (exact) mass is 355 g/mol. The van der Waals surface area contributed by atoms with Crippen LogP contribution >= 0.6 is 11.3 Å². The van der Waals surface area contributed by atoms with Gasteiger partial charge in [0.25, 0.3) is 0 Å². The van der Waals surface area contributed by atoms with Gasteiger partial charge in [-0.3, -0.25) is 4.90 Å².